The zero-order valence-corrected chi connectivity index (χ0v) is 10.5. The quantitative estimate of drug-likeness (QED) is 0.887. The van der Waals surface area contributed by atoms with Crippen LogP contribution < -0.4 is 10.1 Å². The van der Waals surface area contributed by atoms with Crippen LogP contribution in [0.2, 0.25) is 0 Å². The third-order valence-electron chi connectivity index (χ3n) is 2.42. The lowest BCUT2D eigenvalue weighted by Crippen LogP contribution is -2.19. The van der Waals surface area contributed by atoms with E-state index in [1.807, 2.05) is 0 Å². The van der Waals surface area contributed by atoms with Gasteiger partial charge in [0, 0.05) is 13.1 Å². The first kappa shape index (κ1) is 14.4. The lowest BCUT2D eigenvalue weighted by molar-refractivity contribution is -0.153. The van der Waals surface area contributed by atoms with Crippen LogP contribution in [0.1, 0.15) is 11.3 Å². The van der Waals surface area contributed by atoms with Crippen LogP contribution in [0.25, 0.3) is 0 Å². The number of alkyl halides is 3. The molecule has 2 aromatic rings. The molecule has 1 aromatic carbocycles. The van der Waals surface area contributed by atoms with Crippen molar-refractivity contribution >= 4 is 0 Å². The summed E-state index contributed by atoms with van der Waals surface area (Å²) in [5.74, 6) is 0.197. The van der Waals surface area contributed by atoms with Crippen molar-refractivity contribution in [2.75, 3.05) is 6.61 Å². The van der Waals surface area contributed by atoms with E-state index < -0.39 is 12.8 Å². The zero-order chi connectivity index (χ0) is 14.4. The van der Waals surface area contributed by atoms with Crippen LogP contribution in [0.4, 0.5) is 13.2 Å². The van der Waals surface area contributed by atoms with Gasteiger partial charge in [-0.1, -0.05) is 12.1 Å². The molecule has 1 aromatic heterocycles. The van der Waals surface area contributed by atoms with Gasteiger partial charge in [0.15, 0.2) is 13.0 Å². The number of halogens is 3. The molecule has 0 aliphatic rings. The molecule has 0 atom stereocenters. The molecular weight excluding hydrogens is 273 g/mol. The molecule has 0 amide bonds. The summed E-state index contributed by atoms with van der Waals surface area (Å²) in [6, 6.07) is 6.52. The molecule has 0 saturated carbocycles. The molecule has 0 spiro atoms. The molecule has 0 aliphatic carbocycles. The lowest BCUT2D eigenvalue weighted by atomic mass is 10.2. The fourth-order valence-corrected chi connectivity index (χ4v) is 1.57. The van der Waals surface area contributed by atoms with Crippen LogP contribution in [-0.4, -0.2) is 17.8 Å². The summed E-state index contributed by atoms with van der Waals surface area (Å²) in [4.78, 5) is 3.94. The molecule has 7 heteroatoms. The minimum Gasteiger partial charge on any atom is -0.484 e. The van der Waals surface area contributed by atoms with Gasteiger partial charge in [-0.2, -0.15) is 13.2 Å². The van der Waals surface area contributed by atoms with Gasteiger partial charge in [-0.15, -0.1) is 0 Å². The molecule has 20 heavy (non-hydrogen) atoms. The van der Waals surface area contributed by atoms with Gasteiger partial charge in [0.2, 0.25) is 0 Å². The Morgan fingerprint density at radius 3 is 2.80 bits per heavy atom. The highest BCUT2D eigenvalue weighted by atomic mass is 19.4. The maximum absolute atomic E-state index is 12.0. The SMILES string of the molecule is FC(F)(F)COc1cccc(CNCc2cocn2)c1. The number of hydrogen-bond donors (Lipinski definition) is 1. The van der Waals surface area contributed by atoms with Gasteiger partial charge in [0.1, 0.15) is 12.0 Å². The summed E-state index contributed by atoms with van der Waals surface area (Å²) in [6.07, 6.45) is -1.47. The van der Waals surface area contributed by atoms with Gasteiger partial charge < -0.3 is 14.5 Å². The second-order valence-corrected chi connectivity index (χ2v) is 4.13. The van der Waals surface area contributed by atoms with Crippen LogP contribution in [0, 0.1) is 0 Å². The molecule has 0 unspecified atom stereocenters. The Morgan fingerprint density at radius 1 is 1.25 bits per heavy atom. The van der Waals surface area contributed by atoms with Crippen LogP contribution >= 0.6 is 0 Å². The Balaban J connectivity index is 1.83. The number of aromatic nitrogens is 1. The smallest absolute Gasteiger partial charge is 0.422 e. The third-order valence-corrected chi connectivity index (χ3v) is 2.42. The standard InChI is InChI=1S/C13H13F3N2O2/c14-13(15,16)8-20-12-3-1-2-10(4-12)5-17-6-11-7-19-9-18-11/h1-4,7,9,17H,5-6,8H2. The van der Waals surface area contributed by atoms with Crippen LogP contribution in [0.3, 0.4) is 0 Å². The number of benzene rings is 1. The number of oxazole rings is 1. The van der Waals surface area contributed by atoms with Gasteiger partial charge >= 0.3 is 6.18 Å². The van der Waals surface area contributed by atoms with Crippen LogP contribution in [0.15, 0.2) is 41.3 Å². The first-order valence-electron chi connectivity index (χ1n) is 5.89. The molecule has 4 nitrogen and oxygen atoms in total. The van der Waals surface area contributed by atoms with Crippen molar-refractivity contribution in [2.24, 2.45) is 0 Å². The monoisotopic (exact) mass is 286 g/mol. The van der Waals surface area contributed by atoms with E-state index in [4.69, 9.17) is 4.42 Å². The number of rotatable bonds is 6. The van der Waals surface area contributed by atoms with E-state index in [0.717, 1.165) is 11.3 Å². The molecular formula is C13H13F3N2O2. The maximum Gasteiger partial charge on any atom is 0.422 e. The van der Waals surface area contributed by atoms with Crippen molar-refractivity contribution < 1.29 is 22.3 Å². The Bertz CT molecular complexity index is 527. The Morgan fingerprint density at radius 2 is 2.10 bits per heavy atom. The lowest BCUT2D eigenvalue weighted by Gasteiger charge is -2.10. The Kier molecular flexibility index (Phi) is 4.62. The first-order chi connectivity index (χ1) is 9.53. The van der Waals surface area contributed by atoms with Crippen molar-refractivity contribution in [1.29, 1.82) is 0 Å². The Hall–Kier alpha value is -2.02. The Labute approximate surface area is 113 Å². The summed E-state index contributed by atoms with van der Waals surface area (Å²) in [7, 11) is 0. The fourth-order valence-electron chi connectivity index (χ4n) is 1.57. The van der Waals surface area contributed by atoms with Crippen LogP contribution in [-0.2, 0) is 13.1 Å². The summed E-state index contributed by atoms with van der Waals surface area (Å²) in [5, 5.41) is 3.10. The average Bonchev–Trinajstić information content (AvgIpc) is 2.89. The van der Waals surface area contributed by atoms with Crippen molar-refractivity contribution in [2.45, 2.75) is 19.3 Å². The zero-order valence-electron chi connectivity index (χ0n) is 10.5. The van der Waals surface area contributed by atoms with Crippen molar-refractivity contribution in [3.05, 3.63) is 48.2 Å². The number of nitrogens with zero attached hydrogens (tertiary/aromatic N) is 1. The average molecular weight is 286 g/mol. The minimum absolute atomic E-state index is 0.197. The highest BCUT2D eigenvalue weighted by Crippen LogP contribution is 2.19. The van der Waals surface area contributed by atoms with E-state index in [0.29, 0.717) is 13.1 Å². The van der Waals surface area contributed by atoms with E-state index in [-0.39, 0.29) is 5.75 Å². The number of hydrogen-bond acceptors (Lipinski definition) is 4. The highest BCUT2D eigenvalue weighted by molar-refractivity contribution is 5.28. The van der Waals surface area contributed by atoms with E-state index in [1.54, 1.807) is 18.2 Å². The molecule has 2 rings (SSSR count). The summed E-state index contributed by atoms with van der Waals surface area (Å²) in [5.41, 5.74) is 1.59. The van der Waals surface area contributed by atoms with Crippen molar-refractivity contribution in [1.82, 2.24) is 10.3 Å². The number of ether oxygens (including phenoxy) is 1. The third kappa shape index (κ3) is 4.93. The molecule has 0 radical (unpaired) electrons. The van der Waals surface area contributed by atoms with Gasteiger partial charge in [0.05, 0.1) is 5.69 Å². The molecule has 0 fully saturated rings. The number of nitrogens with one attached hydrogen (secondary N) is 1. The second kappa shape index (κ2) is 6.42. The fraction of sp³-hybridized carbons (Fsp3) is 0.308. The minimum atomic E-state index is -4.33. The molecule has 0 bridgehead atoms. The van der Waals surface area contributed by atoms with Crippen LogP contribution in [0.5, 0.6) is 5.75 Å². The van der Waals surface area contributed by atoms with Gasteiger partial charge in [-0.25, -0.2) is 4.98 Å². The molecule has 0 aliphatic heterocycles. The largest absolute Gasteiger partial charge is 0.484 e. The van der Waals surface area contributed by atoms with E-state index >= 15 is 0 Å². The van der Waals surface area contributed by atoms with Gasteiger partial charge in [-0.3, -0.25) is 0 Å². The normalized spacial score (nSPS) is 11.6. The summed E-state index contributed by atoms with van der Waals surface area (Å²) >= 11 is 0. The highest BCUT2D eigenvalue weighted by Gasteiger charge is 2.28. The second-order valence-electron chi connectivity index (χ2n) is 4.13. The van der Waals surface area contributed by atoms with Gasteiger partial charge in [0.25, 0.3) is 0 Å². The molecule has 108 valence electrons. The van der Waals surface area contributed by atoms with Crippen molar-refractivity contribution in [3.8, 4) is 5.75 Å². The molecule has 1 heterocycles. The predicted molar refractivity (Wildman–Crippen MR) is 65.0 cm³/mol. The summed E-state index contributed by atoms with van der Waals surface area (Å²) in [6.45, 7) is -0.275. The first-order valence-corrected chi connectivity index (χ1v) is 5.89. The predicted octanol–water partition coefficient (Wildman–Crippen LogP) is 2.91. The van der Waals surface area contributed by atoms with Crippen molar-refractivity contribution in [3.63, 3.8) is 0 Å². The van der Waals surface area contributed by atoms with E-state index in [2.05, 4.69) is 15.0 Å². The van der Waals surface area contributed by atoms with E-state index in [1.165, 1.54) is 18.7 Å². The van der Waals surface area contributed by atoms with E-state index in [9.17, 15) is 13.2 Å². The molecule has 1 N–H and O–H groups in total. The van der Waals surface area contributed by atoms with Gasteiger partial charge in [-0.05, 0) is 17.7 Å². The molecule has 0 saturated heterocycles. The summed E-state index contributed by atoms with van der Waals surface area (Å²) < 4.78 is 45.7. The maximum atomic E-state index is 12.0. The topological polar surface area (TPSA) is 47.3 Å².